The molecular formula is C23H21NO4. The van der Waals surface area contributed by atoms with Crippen LogP contribution in [-0.4, -0.2) is 16.6 Å². The number of hydrogen-bond acceptors (Lipinski definition) is 4. The van der Waals surface area contributed by atoms with Gasteiger partial charge in [0.05, 0.1) is 5.92 Å². The van der Waals surface area contributed by atoms with Crippen LogP contribution in [0.2, 0.25) is 0 Å². The Hall–Kier alpha value is -2.95. The van der Waals surface area contributed by atoms with Gasteiger partial charge < -0.3 is 9.72 Å². The minimum Gasteiger partial charge on any atom is -0.465 e. The highest BCUT2D eigenvalue weighted by atomic mass is 16.5. The number of rotatable bonds is 1. The Morgan fingerprint density at radius 1 is 0.893 bits per heavy atom. The van der Waals surface area contributed by atoms with Crippen molar-refractivity contribution in [2.24, 2.45) is 0 Å². The lowest BCUT2D eigenvalue weighted by Crippen LogP contribution is -2.33. The highest BCUT2D eigenvalue weighted by Gasteiger charge is 2.42. The number of ketones is 2. The summed E-state index contributed by atoms with van der Waals surface area (Å²) >= 11 is 0. The number of pyridine rings is 1. The zero-order valence-electron chi connectivity index (χ0n) is 15.8. The van der Waals surface area contributed by atoms with Crippen LogP contribution < -0.4 is 5.56 Å². The highest BCUT2D eigenvalue weighted by Crippen LogP contribution is 2.47. The van der Waals surface area contributed by atoms with E-state index in [0.29, 0.717) is 53.9 Å². The summed E-state index contributed by atoms with van der Waals surface area (Å²) in [5, 5.41) is 0.891. The maximum absolute atomic E-state index is 13.0. The first-order valence-corrected chi connectivity index (χ1v) is 9.87. The van der Waals surface area contributed by atoms with Crippen molar-refractivity contribution in [3.05, 3.63) is 68.4 Å². The van der Waals surface area contributed by atoms with Crippen molar-refractivity contribution in [2.45, 2.75) is 51.4 Å². The summed E-state index contributed by atoms with van der Waals surface area (Å²) in [5.41, 5.74) is 3.05. The van der Waals surface area contributed by atoms with Gasteiger partial charge in [0.15, 0.2) is 11.6 Å². The molecule has 0 amide bonds. The molecule has 0 saturated heterocycles. The summed E-state index contributed by atoms with van der Waals surface area (Å²) in [6.07, 6.45) is 3.70. The second-order valence-corrected chi connectivity index (χ2v) is 7.91. The molecule has 1 aromatic heterocycles. The van der Waals surface area contributed by atoms with Crippen molar-refractivity contribution < 1.29 is 14.3 Å². The number of ether oxygens (including phenoxy) is 1. The van der Waals surface area contributed by atoms with Crippen LogP contribution in [0.15, 0.2) is 51.7 Å². The Morgan fingerprint density at radius 3 is 2.18 bits per heavy atom. The van der Waals surface area contributed by atoms with E-state index in [1.54, 1.807) is 0 Å². The molecule has 0 unspecified atom stereocenters. The van der Waals surface area contributed by atoms with E-state index in [0.717, 1.165) is 29.3 Å². The van der Waals surface area contributed by atoms with Gasteiger partial charge in [-0.25, -0.2) is 0 Å². The van der Waals surface area contributed by atoms with Gasteiger partial charge in [0, 0.05) is 47.9 Å². The van der Waals surface area contributed by atoms with E-state index in [9.17, 15) is 14.4 Å². The van der Waals surface area contributed by atoms with Gasteiger partial charge in [0.1, 0.15) is 11.5 Å². The van der Waals surface area contributed by atoms with E-state index in [4.69, 9.17) is 4.74 Å². The Labute approximate surface area is 162 Å². The molecule has 0 bridgehead atoms. The summed E-state index contributed by atoms with van der Waals surface area (Å²) in [6.45, 7) is 1.97. The van der Waals surface area contributed by atoms with E-state index >= 15 is 0 Å². The largest absolute Gasteiger partial charge is 0.465 e. The van der Waals surface area contributed by atoms with Gasteiger partial charge in [-0.3, -0.25) is 14.4 Å². The van der Waals surface area contributed by atoms with Gasteiger partial charge in [-0.1, -0.05) is 12.1 Å². The number of Topliss-reactive ketones (excluding diaryl/α,β-unsaturated/α-hetero) is 2. The van der Waals surface area contributed by atoms with Gasteiger partial charge >= 0.3 is 0 Å². The second-order valence-electron chi connectivity index (χ2n) is 7.91. The van der Waals surface area contributed by atoms with Gasteiger partial charge in [-0.05, 0) is 42.8 Å². The molecule has 142 valence electrons. The average molecular weight is 375 g/mol. The van der Waals surface area contributed by atoms with Crippen LogP contribution in [0.25, 0.3) is 10.9 Å². The third-order valence-corrected chi connectivity index (χ3v) is 5.98. The molecule has 2 heterocycles. The molecule has 5 heteroatoms. The standard InChI is InChI=1S/C23H21NO4/c1-12-8-9-13-11-14(23(27)24-15(13)10-12)20-21-16(25)4-2-6-18(21)28-19-7-3-5-17(26)22(19)20/h8-11,20H,2-7H2,1H3,(H,24,27). The molecule has 3 aliphatic rings. The molecule has 1 N–H and O–H groups in total. The number of aryl methyl sites for hydroxylation is 1. The van der Waals surface area contributed by atoms with E-state index in [-0.39, 0.29) is 17.1 Å². The Kier molecular flexibility index (Phi) is 3.86. The highest BCUT2D eigenvalue weighted by molar-refractivity contribution is 6.06. The maximum atomic E-state index is 13.0. The quantitative estimate of drug-likeness (QED) is 0.818. The third-order valence-electron chi connectivity index (χ3n) is 5.98. The van der Waals surface area contributed by atoms with Gasteiger partial charge in [-0.15, -0.1) is 0 Å². The SMILES string of the molecule is Cc1ccc2cc(C3C4=C(CCCC4=O)OC4=C3C(=O)CCC4)c(=O)[nH]c2c1. The molecule has 1 aromatic carbocycles. The lowest BCUT2D eigenvalue weighted by atomic mass is 9.73. The van der Waals surface area contributed by atoms with Gasteiger partial charge in [0.2, 0.25) is 0 Å². The number of carbonyl (C=O) groups excluding carboxylic acids is 2. The zero-order valence-corrected chi connectivity index (χ0v) is 15.8. The predicted octanol–water partition coefficient (Wildman–Crippen LogP) is 3.96. The number of benzene rings is 1. The molecule has 0 radical (unpaired) electrons. The first-order chi connectivity index (χ1) is 13.5. The van der Waals surface area contributed by atoms with Crippen LogP contribution in [0.3, 0.4) is 0 Å². The van der Waals surface area contributed by atoms with Crippen molar-refractivity contribution in [3.63, 3.8) is 0 Å². The number of fused-ring (bicyclic) bond motifs is 1. The summed E-state index contributed by atoms with van der Waals surface area (Å²) in [4.78, 5) is 41.7. The summed E-state index contributed by atoms with van der Waals surface area (Å²) < 4.78 is 6.04. The van der Waals surface area contributed by atoms with E-state index < -0.39 is 5.92 Å². The van der Waals surface area contributed by atoms with Crippen LogP contribution in [-0.2, 0) is 14.3 Å². The number of allylic oxidation sites excluding steroid dienone is 4. The molecule has 28 heavy (non-hydrogen) atoms. The number of aromatic nitrogens is 1. The van der Waals surface area contributed by atoms with Crippen LogP contribution >= 0.6 is 0 Å². The first kappa shape index (κ1) is 17.2. The predicted molar refractivity (Wildman–Crippen MR) is 105 cm³/mol. The van der Waals surface area contributed by atoms with Crippen LogP contribution in [0, 0.1) is 6.92 Å². The van der Waals surface area contributed by atoms with Crippen LogP contribution in [0.5, 0.6) is 0 Å². The molecule has 5 rings (SSSR count). The molecule has 5 nitrogen and oxygen atoms in total. The van der Waals surface area contributed by atoms with E-state index in [1.807, 2.05) is 31.2 Å². The summed E-state index contributed by atoms with van der Waals surface area (Å²) in [7, 11) is 0. The molecule has 2 aromatic rings. The monoisotopic (exact) mass is 375 g/mol. The van der Waals surface area contributed by atoms with E-state index in [2.05, 4.69) is 4.98 Å². The Morgan fingerprint density at radius 2 is 1.54 bits per heavy atom. The lowest BCUT2D eigenvalue weighted by Gasteiger charge is -2.35. The van der Waals surface area contributed by atoms with Crippen molar-refractivity contribution in [2.75, 3.05) is 0 Å². The molecular weight excluding hydrogens is 354 g/mol. The fourth-order valence-electron chi connectivity index (χ4n) is 4.67. The number of hydrogen-bond donors (Lipinski definition) is 1. The number of carbonyl (C=O) groups is 2. The minimum atomic E-state index is -0.617. The average Bonchev–Trinajstić information content (AvgIpc) is 2.66. The van der Waals surface area contributed by atoms with Crippen LogP contribution in [0.1, 0.15) is 55.6 Å². The topological polar surface area (TPSA) is 76.2 Å². The van der Waals surface area contributed by atoms with Crippen LogP contribution in [0.4, 0.5) is 0 Å². The molecule has 0 atom stereocenters. The molecule has 0 saturated carbocycles. The van der Waals surface area contributed by atoms with Crippen molar-refractivity contribution in [1.29, 1.82) is 0 Å². The number of H-pyrrole nitrogens is 1. The number of aromatic amines is 1. The van der Waals surface area contributed by atoms with Crippen molar-refractivity contribution in [3.8, 4) is 0 Å². The molecule has 0 fully saturated rings. The van der Waals surface area contributed by atoms with Gasteiger partial charge in [0.25, 0.3) is 5.56 Å². The fraction of sp³-hybridized carbons (Fsp3) is 0.348. The van der Waals surface area contributed by atoms with Crippen molar-refractivity contribution >= 4 is 22.5 Å². The maximum Gasteiger partial charge on any atom is 0.252 e. The Balaban J connectivity index is 1.78. The van der Waals surface area contributed by atoms with E-state index in [1.165, 1.54) is 0 Å². The third kappa shape index (κ3) is 2.57. The van der Waals surface area contributed by atoms with Gasteiger partial charge in [-0.2, -0.15) is 0 Å². The normalized spacial score (nSPS) is 20.3. The molecule has 2 aliphatic carbocycles. The minimum absolute atomic E-state index is 0.0143. The second kappa shape index (κ2) is 6.30. The molecule has 1 aliphatic heterocycles. The summed E-state index contributed by atoms with van der Waals surface area (Å²) in [6, 6.07) is 7.71. The lowest BCUT2D eigenvalue weighted by molar-refractivity contribution is -0.117. The Bertz CT molecular complexity index is 1120. The smallest absolute Gasteiger partial charge is 0.252 e. The zero-order chi connectivity index (χ0) is 19.4. The summed E-state index contributed by atoms with van der Waals surface area (Å²) in [5.74, 6) is 0.657. The molecule has 0 spiro atoms. The fourth-order valence-corrected chi connectivity index (χ4v) is 4.67. The van der Waals surface area contributed by atoms with Crippen molar-refractivity contribution in [1.82, 2.24) is 4.98 Å². The first-order valence-electron chi connectivity index (χ1n) is 9.87. The number of nitrogens with one attached hydrogen (secondary N) is 1.